The zero-order valence-electron chi connectivity index (χ0n) is 19.5. The van der Waals surface area contributed by atoms with E-state index in [1.165, 1.54) is 32.3 Å². The molecule has 0 aromatic heterocycles. The van der Waals surface area contributed by atoms with Crippen LogP contribution in [0.4, 0.5) is 0 Å². The summed E-state index contributed by atoms with van der Waals surface area (Å²) in [6.07, 6.45) is 15.1. The van der Waals surface area contributed by atoms with Gasteiger partial charge in [-0.3, -0.25) is 9.59 Å². The van der Waals surface area contributed by atoms with Crippen LogP contribution in [0.25, 0.3) is 0 Å². The van der Waals surface area contributed by atoms with Gasteiger partial charge in [0.05, 0.1) is 0 Å². The molecule has 0 saturated heterocycles. The van der Waals surface area contributed by atoms with Gasteiger partial charge in [-0.2, -0.15) is 0 Å². The van der Waals surface area contributed by atoms with Gasteiger partial charge in [-0.25, -0.2) is 0 Å². The highest BCUT2D eigenvalue weighted by Crippen LogP contribution is 2.68. The highest BCUT2D eigenvalue weighted by atomic mass is 16.6. The van der Waals surface area contributed by atoms with Crippen molar-refractivity contribution < 1.29 is 19.1 Å². The average Bonchev–Trinajstić information content (AvgIpc) is 3.01. The average molecular weight is 427 g/mol. The van der Waals surface area contributed by atoms with Gasteiger partial charge in [0.1, 0.15) is 11.7 Å². The third-order valence-electron chi connectivity index (χ3n) is 8.97. The van der Waals surface area contributed by atoms with E-state index >= 15 is 0 Å². The molecule has 3 saturated carbocycles. The van der Waals surface area contributed by atoms with Gasteiger partial charge in [0, 0.05) is 25.3 Å². The molecule has 7 atom stereocenters. The fourth-order valence-electron chi connectivity index (χ4n) is 8.24. The Morgan fingerprint density at radius 3 is 2.61 bits per heavy atom. The zero-order valence-corrected chi connectivity index (χ0v) is 19.5. The van der Waals surface area contributed by atoms with E-state index in [1.54, 1.807) is 0 Å². The van der Waals surface area contributed by atoms with Crippen LogP contribution in [-0.2, 0) is 19.1 Å². The standard InChI is InChI=1S/C27H38O4/c1-5-13-26-15-11-23-22-10-8-21(30-18(3)28)17-20(22)7-9-24(23)25(26)12-16-27(26,14-6-2)31-19(4)29/h14,17,21-25H,2,5,7-13,15-16H2,1,3-4H3/t21-,22-,23+,24+,25-,26-,27-/m0/s1. The van der Waals surface area contributed by atoms with E-state index in [0.717, 1.165) is 51.4 Å². The maximum absolute atomic E-state index is 12.1. The Bertz CT molecular complexity index is 806. The van der Waals surface area contributed by atoms with E-state index in [2.05, 4.69) is 25.3 Å². The Kier molecular flexibility index (Phi) is 6.23. The van der Waals surface area contributed by atoms with Crippen LogP contribution in [0.1, 0.15) is 85.0 Å². The minimum absolute atomic E-state index is 0.00936. The van der Waals surface area contributed by atoms with Crippen molar-refractivity contribution in [3.8, 4) is 0 Å². The third kappa shape index (κ3) is 3.71. The number of fused-ring (bicyclic) bond motifs is 5. The molecule has 0 aliphatic heterocycles. The second-order valence-electron chi connectivity index (χ2n) is 10.4. The number of carbonyl (C=O) groups excluding carboxylic acids is 2. The number of rotatable bonds is 5. The Balaban J connectivity index is 1.63. The van der Waals surface area contributed by atoms with Gasteiger partial charge in [0.2, 0.25) is 0 Å². The molecule has 4 nitrogen and oxygen atoms in total. The molecular formula is C27H38O4. The molecule has 31 heavy (non-hydrogen) atoms. The van der Waals surface area contributed by atoms with Crippen LogP contribution < -0.4 is 0 Å². The molecule has 0 aromatic rings. The Morgan fingerprint density at radius 1 is 1.13 bits per heavy atom. The van der Waals surface area contributed by atoms with Crippen molar-refractivity contribution in [3.05, 3.63) is 30.0 Å². The number of hydrogen-bond acceptors (Lipinski definition) is 4. The first-order chi connectivity index (χ1) is 14.9. The normalized spacial score (nSPS) is 41.0. The van der Waals surface area contributed by atoms with E-state index in [-0.39, 0.29) is 23.5 Å². The van der Waals surface area contributed by atoms with Crippen LogP contribution in [0, 0.1) is 29.1 Å². The minimum Gasteiger partial charge on any atom is -0.458 e. The van der Waals surface area contributed by atoms with Gasteiger partial charge in [-0.05, 0) is 87.5 Å². The summed E-state index contributed by atoms with van der Waals surface area (Å²) >= 11 is 0. The Labute approximate surface area is 187 Å². The zero-order chi connectivity index (χ0) is 22.2. The van der Waals surface area contributed by atoms with Crippen molar-refractivity contribution in [3.63, 3.8) is 0 Å². The molecule has 0 heterocycles. The van der Waals surface area contributed by atoms with Crippen LogP contribution in [-0.4, -0.2) is 23.6 Å². The number of allylic oxidation sites excluding steroid dienone is 1. The first-order valence-electron chi connectivity index (χ1n) is 12.3. The number of carbonyl (C=O) groups is 2. The van der Waals surface area contributed by atoms with E-state index in [0.29, 0.717) is 23.7 Å². The van der Waals surface area contributed by atoms with Crippen LogP contribution in [0.3, 0.4) is 0 Å². The summed E-state index contributed by atoms with van der Waals surface area (Å²) in [4.78, 5) is 23.6. The van der Waals surface area contributed by atoms with Crippen molar-refractivity contribution in [1.29, 1.82) is 0 Å². The second-order valence-corrected chi connectivity index (χ2v) is 10.4. The molecule has 4 aliphatic carbocycles. The van der Waals surface area contributed by atoms with Gasteiger partial charge in [-0.1, -0.05) is 25.5 Å². The smallest absolute Gasteiger partial charge is 0.303 e. The van der Waals surface area contributed by atoms with Gasteiger partial charge in [0.25, 0.3) is 0 Å². The summed E-state index contributed by atoms with van der Waals surface area (Å²) < 4.78 is 11.6. The topological polar surface area (TPSA) is 52.6 Å². The Morgan fingerprint density at radius 2 is 1.94 bits per heavy atom. The lowest BCUT2D eigenvalue weighted by Gasteiger charge is -2.57. The lowest BCUT2D eigenvalue weighted by Crippen LogP contribution is -2.55. The molecule has 170 valence electrons. The molecular weight excluding hydrogens is 388 g/mol. The first-order valence-corrected chi connectivity index (χ1v) is 12.3. The van der Waals surface area contributed by atoms with Crippen LogP contribution in [0.2, 0.25) is 0 Å². The largest absolute Gasteiger partial charge is 0.458 e. The van der Waals surface area contributed by atoms with Crippen molar-refractivity contribution in [2.45, 2.75) is 96.7 Å². The van der Waals surface area contributed by atoms with Gasteiger partial charge in [-0.15, -0.1) is 5.73 Å². The molecule has 4 heteroatoms. The fourth-order valence-corrected chi connectivity index (χ4v) is 8.24. The summed E-state index contributed by atoms with van der Waals surface area (Å²) in [5.41, 5.74) is 4.00. The second kappa shape index (κ2) is 8.62. The highest BCUT2D eigenvalue weighted by Gasteiger charge is 2.65. The molecule has 0 amide bonds. The molecule has 4 aliphatic rings. The maximum atomic E-state index is 12.1. The van der Waals surface area contributed by atoms with E-state index in [1.807, 2.05) is 6.08 Å². The molecule has 0 N–H and O–H groups in total. The van der Waals surface area contributed by atoms with E-state index in [9.17, 15) is 9.59 Å². The molecule has 4 rings (SSSR count). The summed E-state index contributed by atoms with van der Waals surface area (Å²) in [6, 6.07) is 0. The maximum Gasteiger partial charge on any atom is 0.303 e. The number of ether oxygens (including phenoxy) is 2. The van der Waals surface area contributed by atoms with Crippen LogP contribution in [0.5, 0.6) is 0 Å². The monoisotopic (exact) mass is 426 g/mol. The Hall–Kier alpha value is -1.80. The summed E-state index contributed by atoms with van der Waals surface area (Å²) in [5.74, 6) is 2.23. The molecule has 3 fully saturated rings. The minimum atomic E-state index is -0.546. The highest BCUT2D eigenvalue weighted by molar-refractivity contribution is 5.67. The third-order valence-corrected chi connectivity index (χ3v) is 8.97. The van der Waals surface area contributed by atoms with Crippen molar-refractivity contribution in [2.24, 2.45) is 29.1 Å². The fraction of sp³-hybridized carbons (Fsp3) is 0.741. The summed E-state index contributed by atoms with van der Waals surface area (Å²) in [5, 5.41) is 0. The number of esters is 2. The van der Waals surface area contributed by atoms with Gasteiger partial charge in [0.15, 0.2) is 0 Å². The quantitative estimate of drug-likeness (QED) is 0.311. The number of hydrogen-bond donors (Lipinski definition) is 0. The molecule has 0 aromatic carbocycles. The molecule has 0 spiro atoms. The first kappa shape index (κ1) is 22.4. The summed E-state index contributed by atoms with van der Waals surface area (Å²) in [6.45, 7) is 9.15. The predicted octanol–water partition coefficient (Wildman–Crippen LogP) is 5.91. The van der Waals surface area contributed by atoms with Gasteiger partial charge >= 0.3 is 11.9 Å². The SMILES string of the molecule is C=C=C[C@]1(OC(C)=O)CC[C@H]2[C@@H]3CCC4=C[C@@H](OC(C)=O)CC[C@@H]4[C@H]3CC[C@@]21CCC. The lowest BCUT2D eigenvalue weighted by atomic mass is 9.49. The van der Waals surface area contributed by atoms with Crippen LogP contribution in [0.15, 0.2) is 30.0 Å². The summed E-state index contributed by atoms with van der Waals surface area (Å²) in [7, 11) is 0. The molecule has 0 unspecified atom stereocenters. The van der Waals surface area contributed by atoms with Crippen molar-refractivity contribution >= 4 is 11.9 Å². The van der Waals surface area contributed by atoms with E-state index in [4.69, 9.17) is 9.47 Å². The van der Waals surface area contributed by atoms with E-state index < -0.39 is 5.60 Å². The van der Waals surface area contributed by atoms with Crippen molar-refractivity contribution in [2.75, 3.05) is 0 Å². The molecule has 0 bridgehead atoms. The van der Waals surface area contributed by atoms with Crippen LogP contribution >= 0.6 is 0 Å². The van der Waals surface area contributed by atoms with Gasteiger partial charge < -0.3 is 9.47 Å². The van der Waals surface area contributed by atoms with Crippen molar-refractivity contribution in [1.82, 2.24) is 0 Å². The lowest BCUT2D eigenvalue weighted by molar-refractivity contribution is -0.173. The molecule has 0 radical (unpaired) electrons. The predicted molar refractivity (Wildman–Crippen MR) is 120 cm³/mol.